The smallest absolute Gasteiger partial charge is 0.328 e. The molecule has 0 spiro atoms. The molecular weight excluding hydrogens is 190 g/mol. The standard InChI is InChI=1S/C12H15NO2/c1-13(2,3)11-7-4-10(5-8-11)6-9-12(14)15/h4-9H,1-3H3/p+1. The van der Waals surface area contributed by atoms with Crippen molar-refractivity contribution in [2.24, 2.45) is 0 Å². The van der Waals surface area contributed by atoms with Crippen molar-refractivity contribution < 1.29 is 9.90 Å². The molecule has 0 heterocycles. The summed E-state index contributed by atoms with van der Waals surface area (Å²) >= 11 is 0. The van der Waals surface area contributed by atoms with Gasteiger partial charge in [0.15, 0.2) is 0 Å². The maximum absolute atomic E-state index is 10.3. The van der Waals surface area contributed by atoms with Crippen LogP contribution in [-0.2, 0) is 4.79 Å². The highest BCUT2D eigenvalue weighted by Crippen LogP contribution is 2.17. The summed E-state index contributed by atoms with van der Waals surface area (Å²) in [6.45, 7) is 0. The van der Waals surface area contributed by atoms with E-state index in [0.29, 0.717) is 0 Å². The highest BCUT2D eigenvalue weighted by atomic mass is 16.4. The van der Waals surface area contributed by atoms with Gasteiger partial charge in [-0.3, -0.25) is 4.48 Å². The molecule has 1 aromatic carbocycles. The molecule has 0 aliphatic rings. The fourth-order valence-corrected chi connectivity index (χ4v) is 1.20. The Labute approximate surface area is 89.9 Å². The van der Waals surface area contributed by atoms with Crippen LogP contribution in [-0.4, -0.2) is 32.2 Å². The zero-order chi connectivity index (χ0) is 11.5. The average molecular weight is 206 g/mol. The van der Waals surface area contributed by atoms with Crippen molar-refractivity contribution in [3.63, 3.8) is 0 Å². The number of rotatable bonds is 3. The van der Waals surface area contributed by atoms with E-state index in [1.54, 1.807) is 6.08 Å². The Hall–Kier alpha value is -1.61. The quantitative estimate of drug-likeness (QED) is 0.606. The molecule has 0 fully saturated rings. The second kappa shape index (κ2) is 4.28. The van der Waals surface area contributed by atoms with Crippen LogP contribution in [0.5, 0.6) is 0 Å². The average Bonchev–Trinajstić information content (AvgIpc) is 2.14. The van der Waals surface area contributed by atoms with Gasteiger partial charge in [0, 0.05) is 6.08 Å². The molecule has 80 valence electrons. The Bertz CT molecular complexity index is 372. The first kappa shape index (κ1) is 11.5. The number of benzene rings is 1. The summed E-state index contributed by atoms with van der Waals surface area (Å²) in [7, 11) is 6.26. The molecule has 0 amide bonds. The van der Waals surface area contributed by atoms with Crippen LogP contribution in [0.4, 0.5) is 5.69 Å². The highest BCUT2D eigenvalue weighted by molar-refractivity contribution is 5.85. The summed E-state index contributed by atoms with van der Waals surface area (Å²) in [4.78, 5) is 10.3. The molecule has 0 radical (unpaired) electrons. The van der Waals surface area contributed by atoms with Crippen LogP contribution >= 0.6 is 0 Å². The maximum atomic E-state index is 10.3. The highest BCUT2D eigenvalue weighted by Gasteiger charge is 2.10. The Kier molecular flexibility index (Phi) is 3.27. The lowest BCUT2D eigenvalue weighted by molar-refractivity contribution is -0.131. The molecule has 0 unspecified atom stereocenters. The number of hydrogen-bond acceptors (Lipinski definition) is 1. The predicted molar refractivity (Wildman–Crippen MR) is 62.7 cm³/mol. The fraction of sp³-hybridized carbons (Fsp3) is 0.250. The van der Waals surface area contributed by atoms with Crippen LogP contribution in [0, 0.1) is 0 Å². The molecule has 3 nitrogen and oxygen atoms in total. The van der Waals surface area contributed by atoms with Gasteiger partial charge in [-0.1, -0.05) is 0 Å². The molecule has 0 aliphatic heterocycles. The van der Waals surface area contributed by atoms with Crippen molar-refractivity contribution in [3.8, 4) is 0 Å². The largest absolute Gasteiger partial charge is 0.478 e. The lowest BCUT2D eigenvalue weighted by Crippen LogP contribution is -2.34. The SMILES string of the molecule is C[N+](C)(C)c1ccc(C=CC(=O)O)cc1. The van der Waals surface area contributed by atoms with Crippen molar-refractivity contribution in [1.29, 1.82) is 0 Å². The van der Waals surface area contributed by atoms with Crippen molar-refractivity contribution >= 4 is 17.7 Å². The minimum atomic E-state index is -0.925. The van der Waals surface area contributed by atoms with E-state index in [2.05, 4.69) is 21.1 Å². The van der Waals surface area contributed by atoms with E-state index in [-0.39, 0.29) is 0 Å². The summed E-state index contributed by atoms with van der Waals surface area (Å²) in [6, 6.07) is 7.83. The first-order chi connectivity index (χ1) is 6.89. The Balaban J connectivity index is 2.86. The van der Waals surface area contributed by atoms with Gasteiger partial charge in [0.25, 0.3) is 0 Å². The molecule has 0 aromatic heterocycles. The summed E-state index contributed by atoms with van der Waals surface area (Å²) in [5.41, 5.74) is 2.08. The van der Waals surface area contributed by atoms with Crippen molar-refractivity contribution in [3.05, 3.63) is 35.9 Å². The fourth-order valence-electron chi connectivity index (χ4n) is 1.20. The first-order valence-electron chi connectivity index (χ1n) is 4.73. The van der Waals surface area contributed by atoms with Gasteiger partial charge >= 0.3 is 5.97 Å². The maximum Gasteiger partial charge on any atom is 0.328 e. The summed E-state index contributed by atoms with van der Waals surface area (Å²) in [6.07, 6.45) is 2.72. The first-order valence-corrected chi connectivity index (χ1v) is 4.73. The number of carboxylic acids is 1. The Morgan fingerprint density at radius 3 is 2.13 bits per heavy atom. The monoisotopic (exact) mass is 206 g/mol. The molecule has 0 bridgehead atoms. The van der Waals surface area contributed by atoms with Crippen molar-refractivity contribution in [2.45, 2.75) is 0 Å². The zero-order valence-electron chi connectivity index (χ0n) is 9.27. The van der Waals surface area contributed by atoms with Crippen LogP contribution in [0.2, 0.25) is 0 Å². The van der Waals surface area contributed by atoms with Gasteiger partial charge < -0.3 is 5.11 Å². The molecule has 1 aromatic rings. The minimum absolute atomic E-state index is 0.753. The molecule has 0 saturated carbocycles. The van der Waals surface area contributed by atoms with E-state index in [4.69, 9.17) is 5.11 Å². The molecule has 0 saturated heterocycles. The molecule has 0 atom stereocenters. The lowest BCUT2D eigenvalue weighted by atomic mass is 10.2. The number of carbonyl (C=O) groups is 1. The van der Waals surface area contributed by atoms with Gasteiger partial charge in [0.1, 0.15) is 5.69 Å². The number of hydrogen-bond donors (Lipinski definition) is 1. The third-order valence-corrected chi connectivity index (χ3v) is 2.09. The summed E-state index contributed by atoms with van der Waals surface area (Å²) < 4.78 is 0.753. The van der Waals surface area contributed by atoms with Crippen LogP contribution in [0.1, 0.15) is 5.56 Å². The van der Waals surface area contributed by atoms with Crippen molar-refractivity contribution in [2.75, 3.05) is 21.1 Å². The molecular formula is C12H16NO2+. The molecule has 3 heteroatoms. The van der Waals surface area contributed by atoms with E-state index < -0.39 is 5.97 Å². The van der Waals surface area contributed by atoms with Crippen LogP contribution in [0.15, 0.2) is 30.3 Å². The third kappa shape index (κ3) is 3.56. The number of quaternary nitrogens is 1. The third-order valence-electron chi connectivity index (χ3n) is 2.09. The van der Waals surface area contributed by atoms with Crippen LogP contribution in [0.3, 0.4) is 0 Å². The van der Waals surface area contributed by atoms with Crippen LogP contribution in [0.25, 0.3) is 6.08 Å². The van der Waals surface area contributed by atoms with E-state index in [1.807, 2.05) is 24.3 Å². The summed E-state index contributed by atoms with van der Waals surface area (Å²) in [5.74, 6) is -0.925. The van der Waals surface area contributed by atoms with Gasteiger partial charge in [0.05, 0.1) is 21.1 Å². The Morgan fingerprint density at radius 1 is 1.20 bits per heavy atom. The zero-order valence-corrected chi connectivity index (χ0v) is 9.27. The van der Waals surface area contributed by atoms with E-state index in [0.717, 1.165) is 16.1 Å². The van der Waals surface area contributed by atoms with Gasteiger partial charge in [-0.25, -0.2) is 4.79 Å². The number of nitrogens with zero attached hydrogens (tertiary/aromatic N) is 1. The van der Waals surface area contributed by atoms with Crippen molar-refractivity contribution in [1.82, 2.24) is 4.48 Å². The number of aliphatic carboxylic acids is 1. The second-order valence-corrected chi connectivity index (χ2v) is 4.28. The van der Waals surface area contributed by atoms with Crippen LogP contribution < -0.4 is 4.48 Å². The normalized spacial score (nSPS) is 11.9. The number of carboxylic acid groups (broad SMARTS) is 1. The van der Waals surface area contributed by atoms with Gasteiger partial charge in [-0.15, -0.1) is 0 Å². The molecule has 1 rings (SSSR count). The second-order valence-electron chi connectivity index (χ2n) is 4.28. The molecule has 0 aliphatic carbocycles. The predicted octanol–water partition coefficient (Wildman–Crippen LogP) is 1.98. The van der Waals surface area contributed by atoms with E-state index >= 15 is 0 Å². The molecule has 1 N–H and O–H groups in total. The topological polar surface area (TPSA) is 37.3 Å². The van der Waals surface area contributed by atoms with E-state index in [9.17, 15) is 4.79 Å². The van der Waals surface area contributed by atoms with Gasteiger partial charge in [0.2, 0.25) is 0 Å². The van der Waals surface area contributed by atoms with Gasteiger partial charge in [-0.2, -0.15) is 0 Å². The minimum Gasteiger partial charge on any atom is -0.478 e. The van der Waals surface area contributed by atoms with Gasteiger partial charge in [-0.05, 0) is 35.9 Å². The summed E-state index contributed by atoms with van der Waals surface area (Å²) in [5, 5.41) is 8.47. The lowest BCUT2D eigenvalue weighted by Gasteiger charge is -2.23. The molecule has 15 heavy (non-hydrogen) atoms. The Morgan fingerprint density at radius 2 is 1.73 bits per heavy atom. The van der Waals surface area contributed by atoms with E-state index in [1.165, 1.54) is 5.69 Å².